The van der Waals surface area contributed by atoms with Gasteiger partial charge in [0.2, 0.25) is 5.90 Å². The molecule has 0 atom stereocenters. The van der Waals surface area contributed by atoms with Crippen molar-refractivity contribution in [3.63, 3.8) is 0 Å². The van der Waals surface area contributed by atoms with E-state index >= 15 is 0 Å². The lowest BCUT2D eigenvalue weighted by atomic mass is 10.4. The molecule has 66 valence electrons. The predicted molar refractivity (Wildman–Crippen MR) is 46.4 cm³/mol. The molecule has 0 aromatic carbocycles. The fourth-order valence-corrected chi connectivity index (χ4v) is 0.881. The highest BCUT2D eigenvalue weighted by molar-refractivity contribution is 5.90. The molecular weight excluding hydrogens is 154 g/mol. The van der Waals surface area contributed by atoms with Gasteiger partial charge in [-0.3, -0.25) is 10.1 Å². The number of nitrogens with one attached hydrogen (secondary N) is 1. The molecule has 12 heavy (non-hydrogen) atoms. The van der Waals surface area contributed by atoms with Gasteiger partial charge in [0.25, 0.3) is 0 Å². The molecule has 1 N–H and O–H groups in total. The highest BCUT2D eigenvalue weighted by atomic mass is 16.5. The van der Waals surface area contributed by atoms with Gasteiger partial charge in [0, 0.05) is 12.7 Å². The molecule has 0 fully saturated rings. The van der Waals surface area contributed by atoms with Crippen LogP contribution in [0.5, 0.6) is 0 Å². The predicted octanol–water partition coefficient (Wildman–Crippen LogP) is 1.26. The minimum absolute atomic E-state index is 0.192. The molecule has 1 heterocycles. The van der Waals surface area contributed by atoms with Gasteiger partial charge in [-0.1, -0.05) is 0 Å². The SMILES string of the molecule is CCOC(=N)c1cnn(CC)c1. The van der Waals surface area contributed by atoms with Crippen LogP contribution in [0.15, 0.2) is 12.4 Å². The van der Waals surface area contributed by atoms with Crippen molar-refractivity contribution in [3.8, 4) is 0 Å². The molecule has 1 aromatic rings. The molecule has 0 amide bonds. The third-order valence-electron chi connectivity index (χ3n) is 1.51. The van der Waals surface area contributed by atoms with Crippen LogP contribution < -0.4 is 0 Å². The Bertz CT molecular complexity index is 267. The number of ether oxygens (including phenoxy) is 1. The Hall–Kier alpha value is -1.32. The Morgan fingerprint density at radius 3 is 2.92 bits per heavy atom. The van der Waals surface area contributed by atoms with Crippen molar-refractivity contribution in [1.82, 2.24) is 9.78 Å². The maximum absolute atomic E-state index is 7.44. The van der Waals surface area contributed by atoms with Crippen LogP contribution in [0.25, 0.3) is 0 Å². The standard InChI is InChI=1S/C8H13N3O/c1-3-11-6-7(5-10-11)8(9)12-4-2/h5-6,9H,3-4H2,1-2H3. The van der Waals surface area contributed by atoms with E-state index in [-0.39, 0.29) is 5.90 Å². The molecule has 4 heteroatoms. The van der Waals surface area contributed by atoms with Crippen molar-refractivity contribution in [2.24, 2.45) is 0 Å². The lowest BCUT2D eigenvalue weighted by Gasteiger charge is -1.99. The van der Waals surface area contributed by atoms with Gasteiger partial charge in [-0.2, -0.15) is 5.10 Å². The smallest absolute Gasteiger partial charge is 0.216 e. The Labute approximate surface area is 71.7 Å². The normalized spacial score (nSPS) is 9.83. The largest absolute Gasteiger partial charge is 0.478 e. The minimum Gasteiger partial charge on any atom is -0.478 e. The maximum Gasteiger partial charge on any atom is 0.216 e. The number of hydrogen-bond donors (Lipinski definition) is 1. The van der Waals surface area contributed by atoms with Crippen molar-refractivity contribution in [2.75, 3.05) is 6.61 Å². The van der Waals surface area contributed by atoms with Crippen molar-refractivity contribution < 1.29 is 4.74 Å². The van der Waals surface area contributed by atoms with Crippen LogP contribution in [-0.2, 0) is 11.3 Å². The van der Waals surface area contributed by atoms with E-state index in [1.54, 1.807) is 17.1 Å². The van der Waals surface area contributed by atoms with Crippen LogP contribution in [0.4, 0.5) is 0 Å². The zero-order valence-electron chi connectivity index (χ0n) is 7.37. The van der Waals surface area contributed by atoms with E-state index in [1.165, 1.54) is 0 Å². The number of aromatic nitrogens is 2. The second-order valence-electron chi connectivity index (χ2n) is 2.35. The van der Waals surface area contributed by atoms with E-state index in [9.17, 15) is 0 Å². The summed E-state index contributed by atoms with van der Waals surface area (Å²) in [7, 11) is 0. The number of nitrogens with zero attached hydrogens (tertiary/aromatic N) is 2. The summed E-state index contributed by atoms with van der Waals surface area (Å²) < 4.78 is 6.78. The van der Waals surface area contributed by atoms with Gasteiger partial charge in [-0.25, -0.2) is 0 Å². The quantitative estimate of drug-likeness (QED) is 0.544. The third kappa shape index (κ3) is 1.84. The summed E-state index contributed by atoms with van der Waals surface area (Å²) in [5, 5.41) is 11.5. The van der Waals surface area contributed by atoms with Crippen LogP contribution in [0.1, 0.15) is 19.4 Å². The van der Waals surface area contributed by atoms with Gasteiger partial charge in [0.1, 0.15) is 0 Å². The van der Waals surface area contributed by atoms with Crippen LogP contribution >= 0.6 is 0 Å². The number of hydrogen-bond acceptors (Lipinski definition) is 3. The summed E-state index contributed by atoms with van der Waals surface area (Å²) in [4.78, 5) is 0. The molecule has 0 radical (unpaired) electrons. The summed E-state index contributed by atoms with van der Waals surface area (Å²) >= 11 is 0. The fraction of sp³-hybridized carbons (Fsp3) is 0.500. The van der Waals surface area contributed by atoms with Gasteiger partial charge < -0.3 is 4.74 Å². The second-order valence-corrected chi connectivity index (χ2v) is 2.35. The average molecular weight is 167 g/mol. The molecule has 1 rings (SSSR count). The highest BCUT2D eigenvalue weighted by Gasteiger charge is 2.03. The first kappa shape index (κ1) is 8.77. The number of aryl methyl sites for hydroxylation is 1. The first-order chi connectivity index (χ1) is 5.77. The van der Waals surface area contributed by atoms with Crippen molar-refractivity contribution in [2.45, 2.75) is 20.4 Å². The van der Waals surface area contributed by atoms with E-state index in [2.05, 4.69) is 5.10 Å². The molecule has 0 bridgehead atoms. The molecule has 0 spiro atoms. The molecule has 4 nitrogen and oxygen atoms in total. The lowest BCUT2D eigenvalue weighted by Crippen LogP contribution is -2.03. The maximum atomic E-state index is 7.44. The van der Waals surface area contributed by atoms with Crippen LogP contribution in [0.2, 0.25) is 0 Å². The molecule has 0 saturated carbocycles. The van der Waals surface area contributed by atoms with Crippen molar-refractivity contribution in [1.29, 1.82) is 5.41 Å². The molecule has 0 saturated heterocycles. The highest BCUT2D eigenvalue weighted by Crippen LogP contribution is 1.99. The van der Waals surface area contributed by atoms with Gasteiger partial charge in [-0.05, 0) is 13.8 Å². The van der Waals surface area contributed by atoms with E-state index in [4.69, 9.17) is 10.1 Å². The molecule has 0 unspecified atom stereocenters. The minimum atomic E-state index is 0.192. The molecular formula is C8H13N3O. The monoisotopic (exact) mass is 167 g/mol. The topological polar surface area (TPSA) is 50.9 Å². The first-order valence-electron chi connectivity index (χ1n) is 4.02. The van der Waals surface area contributed by atoms with Crippen molar-refractivity contribution in [3.05, 3.63) is 18.0 Å². The molecule has 1 aromatic heterocycles. The summed E-state index contributed by atoms with van der Waals surface area (Å²) in [6.07, 6.45) is 3.44. The second kappa shape index (κ2) is 3.90. The Kier molecular flexibility index (Phi) is 2.85. The van der Waals surface area contributed by atoms with E-state index in [1.807, 2.05) is 13.8 Å². The van der Waals surface area contributed by atoms with Crippen LogP contribution in [-0.4, -0.2) is 22.3 Å². The fourth-order valence-electron chi connectivity index (χ4n) is 0.881. The summed E-state index contributed by atoms with van der Waals surface area (Å²) in [6.45, 7) is 5.20. The summed E-state index contributed by atoms with van der Waals surface area (Å²) in [5.41, 5.74) is 0.735. The van der Waals surface area contributed by atoms with Crippen molar-refractivity contribution >= 4 is 5.90 Å². The van der Waals surface area contributed by atoms with Crippen LogP contribution in [0.3, 0.4) is 0 Å². The number of rotatable bonds is 3. The zero-order valence-corrected chi connectivity index (χ0v) is 7.37. The Balaban J connectivity index is 2.68. The van der Waals surface area contributed by atoms with Gasteiger partial charge >= 0.3 is 0 Å². The zero-order chi connectivity index (χ0) is 8.97. The van der Waals surface area contributed by atoms with E-state index in [0.29, 0.717) is 6.61 Å². The van der Waals surface area contributed by atoms with Gasteiger partial charge in [0.15, 0.2) is 0 Å². The van der Waals surface area contributed by atoms with Crippen LogP contribution in [0, 0.1) is 5.41 Å². The average Bonchev–Trinajstić information content (AvgIpc) is 2.52. The Morgan fingerprint density at radius 1 is 1.67 bits per heavy atom. The van der Waals surface area contributed by atoms with E-state index < -0.39 is 0 Å². The van der Waals surface area contributed by atoms with E-state index in [0.717, 1.165) is 12.1 Å². The Morgan fingerprint density at radius 2 is 2.42 bits per heavy atom. The lowest BCUT2D eigenvalue weighted by molar-refractivity contribution is 0.325. The summed E-state index contributed by atoms with van der Waals surface area (Å²) in [6, 6.07) is 0. The first-order valence-corrected chi connectivity index (χ1v) is 4.02. The third-order valence-corrected chi connectivity index (χ3v) is 1.51. The van der Waals surface area contributed by atoms with Gasteiger partial charge in [0.05, 0.1) is 18.4 Å². The molecule has 0 aliphatic heterocycles. The molecule has 0 aliphatic rings. The summed E-state index contributed by atoms with van der Waals surface area (Å²) in [5.74, 6) is 0.192. The van der Waals surface area contributed by atoms with Gasteiger partial charge in [-0.15, -0.1) is 0 Å². The molecule has 0 aliphatic carbocycles.